The van der Waals surface area contributed by atoms with Gasteiger partial charge in [-0.3, -0.25) is 4.79 Å². The van der Waals surface area contributed by atoms with Crippen molar-refractivity contribution in [3.63, 3.8) is 0 Å². The van der Waals surface area contributed by atoms with Gasteiger partial charge in [0.1, 0.15) is 6.54 Å². The van der Waals surface area contributed by atoms with E-state index in [0.29, 0.717) is 0 Å². The number of hydrogen-bond acceptors (Lipinski definition) is 2. The molecule has 0 spiro atoms. The van der Waals surface area contributed by atoms with Crippen LogP contribution in [0.1, 0.15) is 19.4 Å². The summed E-state index contributed by atoms with van der Waals surface area (Å²) in [5, 5.41) is 0. The fraction of sp³-hybridized carbons (Fsp3) is 0.385. The number of nitrogens with zero attached hydrogens (tertiary/aromatic N) is 2. The lowest BCUT2D eigenvalue weighted by molar-refractivity contribution is -0.137. The van der Waals surface area contributed by atoms with Crippen molar-refractivity contribution < 1.29 is 22.8 Å². The highest BCUT2D eigenvalue weighted by molar-refractivity contribution is 6.19. The molecule has 1 aromatic rings. The molecule has 0 aromatic heterocycles. The Kier molecular flexibility index (Phi) is 3.45. The molecule has 20 heavy (non-hydrogen) atoms. The van der Waals surface area contributed by atoms with Crippen LogP contribution in [0.5, 0.6) is 0 Å². The quantitative estimate of drug-likeness (QED) is 0.784. The van der Waals surface area contributed by atoms with Crippen molar-refractivity contribution in [3.8, 4) is 0 Å². The molecule has 2 rings (SSSR count). The Morgan fingerprint density at radius 2 is 1.85 bits per heavy atom. The molecule has 1 heterocycles. The second-order valence-electron chi connectivity index (χ2n) is 4.78. The Morgan fingerprint density at radius 1 is 1.20 bits per heavy atom. The Balaban J connectivity index is 2.37. The summed E-state index contributed by atoms with van der Waals surface area (Å²) < 4.78 is 38.0. The molecule has 4 nitrogen and oxygen atoms in total. The van der Waals surface area contributed by atoms with Crippen molar-refractivity contribution in [1.82, 2.24) is 4.90 Å². The van der Waals surface area contributed by atoms with E-state index in [2.05, 4.69) is 0 Å². The summed E-state index contributed by atoms with van der Waals surface area (Å²) >= 11 is 0. The van der Waals surface area contributed by atoms with Crippen LogP contribution in [-0.2, 0) is 11.0 Å². The van der Waals surface area contributed by atoms with Gasteiger partial charge in [0.05, 0.1) is 11.3 Å². The predicted octanol–water partition coefficient (Wildman–Crippen LogP) is 2.88. The number of carbonyl (C=O) groups is 2. The van der Waals surface area contributed by atoms with Crippen LogP contribution in [0.25, 0.3) is 0 Å². The summed E-state index contributed by atoms with van der Waals surface area (Å²) in [4.78, 5) is 26.0. The monoisotopic (exact) mass is 286 g/mol. The maximum atomic E-state index is 12.7. The SMILES string of the molecule is CC(C)N1CC(=O)N(c2cccc(C(F)(F)F)c2)C1=O. The van der Waals surface area contributed by atoms with Crippen molar-refractivity contribution >= 4 is 17.6 Å². The average molecular weight is 286 g/mol. The highest BCUT2D eigenvalue weighted by Gasteiger charge is 2.39. The average Bonchev–Trinajstić information content (AvgIpc) is 2.64. The maximum absolute atomic E-state index is 12.7. The van der Waals surface area contributed by atoms with Gasteiger partial charge in [0.15, 0.2) is 0 Å². The smallest absolute Gasteiger partial charge is 0.312 e. The van der Waals surface area contributed by atoms with Crippen LogP contribution in [0, 0.1) is 0 Å². The number of urea groups is 1. The van der Waals surface area contributed by atoms with Crippen LogP contribution in [0.15, 0.2) is 24.3 Å². The lowest BCUT2D eigenvalue weighted by Crippen LogP contribution is -2.36. The first-order chi connectivity index (χ1) is 9.21. The summed E-state index contributed by atoms with van der Waals surface area (Å²) in [6, 6.07) is 3.41. The topological polar surface area (TPSA) is 40.6 Å². The van der Waals surface area contributed by atoms with Gasteiger partial charge >= 0.3 is 12.2 Å². The highest BCUT2D eigenvalue weighted by atomic mass is 19.4. The molecule has 1 aliphatic rings. The number of halogens is 3. The van der Waals surface area contributed by atoms with E-state index in [0.717, 1.165) is 17.0 Å². The minimum absolute atomic E-state index is 0.0574. The van der Waals surface area contributed by atoms with E-state index in [9.17, 15) is 22.8 Å². The first-order valence-corrected chi connectivity index (χ1v) is 6.02. The number of anilines is 1. The van der Waals surface area contributed by atoms with E-state index < -0.39 is 23.7 Å². The van der Waals surface area contributed by atoms with E-state index in [-0.39, 0.29) is 18.3 Å². The Labute approximate surface area is 113 Å². The van der Waals surface area contributed by atoms with Crippen LogP contribution < -0.4 is 4.90 Å². The largest absolute Gasteiger partial charge is 0.416 e. The number of hydrogen-bond donors (Lipinski definition) is 0. The number of imide groups is 1. The summed E-state index contributed by atoms with van der Waals surface area (Å²) in [7, 11) is 0. The number of benzene rings is 1. The third-order valence-corrected chi connectivity index (χ3v) is 3.05. The summed E-state index contributed by atoms with van der Waals surface area (Å²) in [5.74, 6) is -0.525. The summed E-state index contributed by atoms with van der Waals surface area (Å²) in [5.41, 5.74) is -0.948. The minimum atomic E-state index is -4.51. The van der Waals surface area contributed by atoms with Crippen molar-refractivity contribution in [2.24, 2.45) is 0 Å². The van der Waals surface area contributed by atoms with Gasteiger partial charge in [-0.1, -0.05) is 6.07 Å². The molecular formula is C13H13F3N2O2. The van der Waals surface area contributed by atoms with E-state index in [1.54, 1.807) is 13.8 Å². The number of carbonyl (C=O) groups excluding carboxylic acids is 2. The van der Waals surface area contributed by atoms with Crippen LogP contribution in [-0.4, -0.2) is 29.4 Å². The van der Waals surface area contributed by atoms with Gasteiger partial charge in [-0.15, -0.1) is 0 Å². The van der Waals surface area contributed by atoms with Gasteiger partial charge < -0.3 is 4.90 Å². The van der Waals surface area contributed by atoms with Gasteiger partial charge in [-0.25, -0.2) is 9.69 Å². The first kappa shape index (κ1) is 14.4. The van der Waals surface area contributed by atoms with Crippen molar-refractivity contribution in [3.05, 3.63) is 29.8 Å². The normalized spacial score (nSPS) is 16.5. The molecule has 1 aliphatic heterocycles. The number of rotatable bonds is 2. The zero-order valence-corrected chi connectivity index (χ0v) is 10.9. The van der Waals surface area contributed by atoms with Crippen LogP contribution >= 0.6 is 0 Å². The second kappa shape index (κ2) is 4.81. The molecule has 108 valence electrons. The minimum Gasteiger partial charge on any atom is -0.312 e. The molecule has 0 aliphatic carbocycles. The van der Waals surface area contributed by atoms with Crippen LogP contribution in [0.3, 0.4) is 0 Å². The Morgan fingerprint density at radius 3 is 2.35 bits per heavy atom. The summed E-state index contributed by atoms with van der Waals surface area (Å²) in [6.45, 7) is 3.36. The number of amides is 3. The van der Waals surface area contributed by atoms with Crippen LogP contribution in [0.2, 0.25) is 0 Å². The van der Waals surface area contributed by atoms with Crippen molar-refractivity contribution in [2.75, 3.05) is 11.4 Å². The standard InChI is InChI=1S/C13H13F3N2O2/c1-8(2)17-7-11(19)18(12(17)20)10-5-3-4-9(6-10)13(14,15)16/h3-6,8H,7H2,1-2H3. The van der Waals surface area contributed by atoms with E-state index in [1.165, 1.54) is 17.0 Å². The lowest BCUT2D eigenvalue weighted by Gasteiger charge is -2.20. The zero-order chi connectivity index (χ0) is 15.1. The molecule has 0 bridgehead atoms. The molecule has 0 saturated carbocycles. The fourth-order valence-electron chi connectivity index (χ4n) is 2.00. The molecule has 1 fully saturated rings. The van der Waals surface area contributed by atoms with E-state index in [4.69, 9.17) is 0 Å². The van der Waals surface area contributed by atoms with Gasteiger partial charge in [-0.05, 0) is 32.0 Å². The first-order valence-electron chi connectivity index (χ1n) is 6.02. The third kappa shape index (κ3) is 2.48. The van der Waals surface area contributed by atoms with Crippen molar-refractivity contribution in [1.29, 1.82) is 0 Å². The molecule has 0 unspecified atom stereocenters. The van der Waals surface area contributed by atoms with Gasteiger partial charge in [-0.2, -0.15) is 13.2 Å². The number of alkyl halides is 3. The molecular weight excluding hydrogens is 273 g/mol. The highest BCUT2D eigenvalue weighted by Crippen LogP contribution is 2.32. The Bertz CT molecular complexity index is 555. The van der Waals surface area contributed by atoms with Crippen molar-refractivity contribution in [2.45, 2.75) is 26.1 Å². The molecule has 3 amide bonds. The van der Waals surface area contributed by atoms with Gasteiger partial charge in [0, 0.05) is 6.04 Å². The van der Waals surface area contributed by atoms with Crippen LogP contribution in [0.4, 0.5) is 23.7 Å². The zero-order valence-electron chi connectivity index (χ0n) is 10.9. The fourth-order valence-corrected chi connectivity index (χ4v) is 2.00. The second-order valence-corrected chi connectivity index (χ2v) is 4.78. The predicted molar refractivity (Wildman–Crippen MR) is 66.2 cm³/mol. The molecule has 7 heteroatoms. The molecule has 1 saturated heterocycles. The molecule has 0 radical (unpaired) electrons. The van der Waals surface area contributed by atoms with Gasteiger partial charge in [0.2, 0.25) is 0 Å². The molecule has 0 atom stereocenters. The molecule has 0 N–H and O–H groups in total. The van der Waals surface area contributed by atoms with Gasteiger partial charge in [0.25, 0.3) is 5.91 Å². The third-order valence-electron chi connectivity index (χ3n) is 3.05. The Hall–Kier alpha value is -2.05. The lowest BCUT2D eigenvalue weighted by atomic mass is 10.2. The maximum Gasteiger partial charge on any atom is 0.416 e. The van der Waals surface area contributed by atoms with E-state index in [1.807, 2.05) is 0 Å². The molecule has 1 aromatic carbocycles. The van der Waals surface area contributed by atoms with E-state index >= 15 is 0 Å². The summed E-state index contributed by atoms with van der Waals surface area (Å²) in [6.07, 6.45) is -4.51.